The second-order valence-electron chi connectivity index (χ2n) is 5.61. The number of carbonyl (C=O) groups is 2. The number of nitrogens with one attached hydrogen (secondary N) is 1. The molecule has 7 heteroatoms. The van der Waals surface area contributed by atoms with Gasteiger partial charge < -0.3 is 10.1 Å². The number of halogens is 3. The number of hydrogen-bond acceptors (Lipinski definition) is 3. The van der Waals surface area contributed by atoms with Gasteiger partial charge in [-0.2, -0.15) is 0 Å². The van der Waals surface area contributed by atoms with E-state index in [-0.39, 0.29) is 21.5 Å². The van der Waals surface area contributed by atoms with Crippen LogP contribution in [0, 0.1) is 5.82 Å². The van der Waals surface area contributed by atoms with Gasteiger partial charge in [-0.25, -0.2) is 9.18 Å². The van der Waals surface area contributed by atoms with Crippen molar-refractivity contribution in [3.8, 4) is 0 Å². The highest BCUT2D eigenvalue weighted by molar-refractivity contribution is 6.36. The minimum absolute atomic E-state index is 0.0537. The summed E-state index contributed by atoms with van der Waals surface area (Å²) in [6.45, 7) is 3.48. The van der Waals surface area contributed by atoms with E-state index in [9.17, 15) is 14.0 Å². The number of carbonyl (C=O) groups excluding carboxylic acids is 2. The van der Waals surface area contributed by atoms with Crippen molar-refractivity contribution >= 4 is 40.8 Å². The van der Waals surface area contributed by atoms with Crippen LogP contribution in [0.3, 0.4) is 0 Å². The summed E-state index contributed by atoms with van der Waals surface area (Å²) in [6, 6.07) is 9.32. The number of rotatable bonds is 5. The first-order valence-electron chi connectivity index (χ1n) is 7.50. The van der Waals surface area contributed by atoms with Gasteiger partial charge in [0.1, 0.15) is 5.82 Å². The van der Waals surface area contributed by atoms with Crippen molar-refractivity contribution in [1.29, 1.82) is 0 Å². The summed E-state index contributed by atoms with van der Waals surface area (Å²) in [6.07, 6.45) is 0. The maximum atomic E-state index is 13.4. The zero-order valence-corrected chi connectivity index (χ0v) is 15.1. The van der Waals surface area contributed by atoms with Gasteiger partial charge in [-0.05, 0) is 29.7 Å². The van der Waals surface area contributed by atoms with Crippen molar-refractivity contribution in [3.63, 3.8) is 0 Å². The smallest absolute Gasteiger partial charge is 0.340 e. The largest absolute Gasteiger partial charge is 0.452 e. The lowest BCUT2D eigenvalue weighted by atomic mass is 10.0. The second kappa shape index (κ2) is 8.32. The Kier molecular flexibility index (Phi) is 6.39. The van der Waals surface area contributed by atoms with Crippen LogP contribution in [-0.4, -0.2) is 18.5 Å². The molecule has 0 radical (unpaired) electrons. The summed E-state index contributed by atoms with van der Waals surface area (Å²) in [4.78, 5) is 24.0. The lowest BCUT2D eigenvalue weighted by Crippen LogP contribution is -2.22. The first kappa shape index (κ1) is 19.2. The third-order valence-corrected chi connectivity index (χ3v) is 4.02. The molecule has 1 N–H and O–H groups in total. The predicted octanol–water partition coefficient (Wildman–Crippen LogP) is 5.05. The molecule has 0 aliphatic heterocycles. The Balaban J connectivity index is 2.01. The maximum absolute atomic E-state index is 13.4. The van der Waals surface area contributed by atoms with Crippen LogP contribution in [0.2, 0.25) is 10.0 Å². The van der Waals surface area contributed by atoms with Gasteiger partial charge in [0.15, 0.2) is 6.61 Å². The number of esters is 1. The number of amides is 1. The summed E-state index contributed by atoms with van der Waals surface area (Å²) >= 11 is 11.4. The van der Waals surface area contributed by atoms with Gasteiger partial charge in [0, 0.05) is 5.69 Å². The van der Waals surface area contributed by atoms with Gasteiger partial charge in [0.05, 0.1) is 15.6 Å². The van der Waals surface area contributed by atoms with Crippen molar-refractivity contribution < 1.29 is 18.7 Å². The zero-order valence-electron chi connectivity index (χ0n) is 13.6. The third kappa shape index (κ3) is 4.94. The molecule has 0 aliphatic carbocycles. The molecule has 0 saturated heterocycles. The van der Waals surface area contributed by atoms with Crippen molar-refractivity contribution in [3.05, 3.63) is 63.4 Å². The Bertz CT molecular complexity index is 809. The molecule has 132 valence electrons. The van der Waals surface area contributed by atoms with E-state index in [1.54, 1.807) is 12.1 Å². The standard InChI is InChI=1S/C18H16Cl2FNO3/c1-10(2)11-5-3-4-6-16(11)22-17(23)9-25-18(24)12-7-15(21)14(20)8-13(12)19/h3-8,10H,9H2,1-2H3,(H,22,23). The average molecular weight is 384 g/mol. The molecule has 1 amide bonds. The van der Waals surface area contributed by atoms with Crippen LogP contribution in [0.15, 0.2) is 36.4 Å². The highest BCUT2D eigenvalue weighted by Crippen LogP contribution is 2.25. The maximum Gasteiger partial charge on any atom is 0.340 e. The van der Waals surface area contributed by atoms with Crippen molar-refractivity contribution in [2.45, 2.75) is 19.8 Å². The van der Waals surface area contributed by atoms with E-state index in [1.165, 1.54) is 0 Å². The summed E-state index contributed by atoms with van der Waals surface area (Å²) < 4.78 is 18.3. The SMILES string of the molecule is CC(C)c1ccccc1NC(=O)COC(=O)c1cc(F)c(Cl)cc1Cl. The van der Waals surface area contributed by atoms with E-state index >= 15 is 0 Å². The molecule has 4 nitrogen and oxygen atoms in total. The van der Waals surface area contributed by atoms with Crippen molar-refractivity contribution in [2.75, 3.05) is 11.9 Å². The Labute approximate surface area is 154 Å². The van der Waals surface area contributed by atoms with Crippen LogP contribution in [-0.2, 0) is 9.53 Å². The molecule has 0 heterocycles. The van der Waals surface area contributed by atoms with Crippen LogP contribution >= 0.6 is 23.2 Å². The predicted molar refractivity (Wildman–Crippen MR) is 95.9 cm³/mol. The van der Waals surface area contributed by atoms with Crippen LogP contribution < -0.4 is 5.32 Å². The summed E-state index contributed by atoms with van der Waals surface area (Å²) in [5.74, 6) is -2.00. The van der Waals surface area contributed by atoms with E-state index < -0.39 is 24.3 Å². The van der Waals surface area contributed by atoms with Gasteiger partial charge in [0.25, 0.3) is 5.91 Å². The van der Waals surface area contributed by atoms with E-state index in [2.05, 4.69) is 5.32 Å². The Morgan fingerprint density at radius 1 is 1.16 bits per heavy atom. The molecule has 0 saturated carbocycles. The molecule has 25 heavy (non-hydrogen) atoms. The molecule has 2 aromatic carbocycles. The summed E-state index contributed by atoms with van der Waals surface area (Å²) in [5.41, 5.74) is 1.41. The first-order valence-corrected chi connectivity index (χ1v) is 8.25. The average Bonchev–Trinajstić information content (AvgIpc) is 2.56. The second-order valence-corrected chi connectivity index (χ2v) is 6.43. The van der Waals surface area contributed by atoms with Gasteiger partial charge in [-0.15, -0.1) is 0 Å². The summed E-state index contributed by atoms with van der Waals surface area (Å²) in [5, 5.41) is 2.43. The molecule has 0 spiro atoms. The molecule has 2 aromatic rings. The molecule has 0 bridgehead atoms. The fourth-order valence-corrected chi connectivity index (χ4v) is 2.65. The number of hydrogen-bond donors (Lipinski definition) is 1. The zero-order chi connectivity index (χ0) is 18.6. The van der Waals surface area contributed by atoms with Gasteiger partial charge in [-0.1, -0.05) is 55.2 Å². The minimum atomic E-state index is -0.909. The van der Waals surface area contributed by atoms with E-state index in [4.69, 9.17) is 27.9 Å². The molecule has 0 fully saturated rings. The Morgan fingerprint density at radius 2 is 1.84 bits per heavy atom. The quantitative estimate of drug-likeness (QED) is 0.580. The molecular formula is C18H16Cl2FNO3. The number of para-hydroxylation sites is 1. The van der Waals surface area contributed by atoms with E-state index in [0.29, 0.717) is 5.69 Å². The van der Waals surface area contributed by atoms with Gasteiger partial charge in [0.2, 0.25) is 0 Å². The van der Waals surface area contributed by atoms with E-state index in [0.717, 1.165) is 17.7 Å². The monoisotopic (exact) mass is 383 g/mol. The van der Waals surface area contributed by atoms with Crippen LogP contribution in [0.25, 0.3) is 0 Å². The molecule has 0 atom stereocenters. The fraction of sp³-hybridized carbons (Fsp3) is 0.222. The topological polar surface area (TPSA) is 55.4 Å². The van der Waals surface area contributed by atoms with Crippen LogP contribution in [0.5, 0.6) is 0 Å². The lowest BCUT2D eigenvalue weighted by molar-refractivity contribution is -0.119. The molecule has 0 unspecified atom stereocenters. The fourth-order valence-electron chi connectivity index (χ4n) is 2.19. The Morgan fingerprint density at radius 3 is 2.52 bits per heavy atom. The normalized spacial score (nSPS) is 10.6. The van der Waals surface area contributed by atoms with E-state index in [1.807, 2.05) is 26.0 Å². The lowest BCUT2D eigenvalue weighted by Gasteiger charge is -2.13. The number of anilines is 1. The van der Waals surface area contributed by atoms with Gasteiger partial charge in [-0.3, -0.25) is 4.79 Å². The molecular weight excluding hydrogens is 368 g/mol. The van der Waals surface area contributed by atoms with Crippen molar-refractivity contribution in [1.82, 2.24) is 0 Å². The molecule has 0 aromatic heterocycles. The van der Waals surface area contributed by atoms with Crippen LogP contribution in [0.4, 0.5) is 10.1 Å². The molecule has 2 rings (SSSR count). The highest BCUT2D eigenvalue weighted by atomic mass is 35.5. The van der Waals surface area contributed by atoms with Crippen molar-refractivity contribution in [2.24, 2.45) is 0 Å². The minimum Gasteiger partial charge on any atom is -0.452 e. The highest BCUT2D eigenvalue weighted by Gasteiger charge is 2.17. The molecule has 0 aliphatic rings. The Hall–Kier alpha value is -2.11. The third-order valence-electron chi connectivity index (χ3n) is 3.42. The number of ether oxygens (including phenoxy) is 1. The first-order chi connectivity index (χ1) is 11.8. The number of benzene rings is 2. The van der Waals surface area contributed by atoms with Gasteiger partial charge >= 0.3 is 5.97 Å². The summed E-state index contributed by atoms with van der Waals surface area (Å²) in [7, 11) is 0. The van der Waals surface area contributed by atoms with Crippen LogP contribution in [0.1, 0.15) is 35.7 Å².